The standard InChI is InChI=1S/C20H19N3O3/c1-13-8-9-14(2)16(10-13)21-19(24)12-26-20(25)18-11-17(22-23-18)15-6-4-3-5-7-15/h3-11H,12H2,1-2H3,(H,21,24)(H,22,23). The minimum Gasteiger partial charge on any atom is -0.451 e. The number of carbonyl (C=O) groups is 2. The molecule has 2 aromatic carbocycles. The lowest BCUT2D eigenvalue weighted by atomic mass is 10.1. The molecular weight excluding hydrogens is 330 g/mol. The van der Waals surface area contributed by atoms with Crippen LogP contribution in [0.4, 0.5) is 5.69 Å². The van der Waals surface area contributed by atoms with Crippen LogP contribution in [0.25, 0.3) is 11.3 Å². The highest BCUT2D eigenvalue weighted by Gasteiger charge is 2.14. The Labute approximate surface area is 151 Å². The molecule has 2 N–H and O–H groups in total. The fourth-order valence-electron chi connectivity index (χ4n) is 2.45. The maximum atomic E-state index is 12.1. The number of rotatable bonds is 5. The first kappa shape index (κ1) is 17.4. The molecule has 0 saturated carbocycles. The lowest BCUT2D eigenvalue weighted by molar-refractivity contribution is -0.119. The van der Waals surface area contributed by atoms with Crippen LogP contribution < -0.4 is 5.32 Å². The maximum absolute atomic E-state index is 12.1. The molecule has 0 aliphatic rings. The van der Waals surface area contributed by atoms with Crippen molar-refractivity contribution in [1.29, 1.82) is 0 Å². The van der Waals surface area contributed by atoms with Gasteiger partial charge in [-0.3, -0.25) is 9.89 Å². The molecule has 1 amide bonds. The molecule has 1 heterocycles. The average Bonchev–Trinajstić information content (AvgIpc) is 3.14. The first-order valence-electron chi connectivity index (χ1n) is 8.18. The van der Waals surface area contributed by atoms with E-state index >= 15 is 0 Å². The molecule has 0 spiro atoms. The number of aromatic amines is 1. The predicted molar refractivity (Wildman–Crippen MR) is 98.9 cm³/mol. The molecule has 132 valence electrons. The Hall–Kier alpha value is -3.41. The van der Waals surface area contributed by atoms with Crippen molar-refractivity contribution in [2.24, 2.45) is 0 Å². The smallest absolute Gasteiger partial charge is 0.356 e. The van der Waals surface area contributed by atoms with Gasteiger partial charge in [0.05, 0.1) is 5.69 Å². The van der Waals surface area contributed by atoms with Gasteiger partial charge in [-0.25, -0.2) is 4.79 Å². The molecule has 0 atom stereocenters. The van der Waals surface area contributed by atoms with Crippen LogP contribution in [0.2, 0.25) is 0 Å². The van der Waals surface area contributed by atoms with Crippen molar-refractivity contribution >= 4 is 17.6 Å². The number of carbonyl (C=O) groups excluding carboxylic acids is 2. The summed E-state index contributed by atoms with van der Waals surface area (Å²) in [5, 5.41) is 9.48. The van der Waals surface area contributed by atoms with Gasteiger partial charge in [0, 0.05) is 11.3 Å². The van der Waals surface area contributed by atoms with E-state index in [1.807, 2.05) is 62.4 Å². The number of ether oxygens (including phenoxy) is 1. The zero-order valence-electron chi connectivity index (χ0n) is 14.6. The van der Waals surface area contributed by atoms with Crippen molar-refractivity contribution in [2.45, 2.75) is 13.8 Å². The minimum atomic E-state index is -0.629. The molecule has 0 saturated heterocycles. The van der Waals surface area contributed by atoms with Crippen LogP contribution in [-0.2, 0) is 9.53 Å². The second-order valence-electron chi connectivity index (χ2n) is 5.98. The van der Waals surface area contributed by atoms with Crippen molar-refractivity contribution in [3.05, 3.63) is 71.4 Å². The number of nitrogens with one attached hydrogen (secondary N) is 2. The third kappa shape index (κ3) is 4.16. The Morgan fingerprint density at radius 3 is 2.62 bits per heavy atom. The van der Waals surface area contributed by atoms with Gasteiger partial charge in [0.2, 0.25) is 0 Å². The summed E-state index contributed by atoms with van der Waals surface area (Å²) >= 11 is 0. The summed E-state index contributed by atoms with van der Waals surface area (Å²) in [5.41, 5.74) is 4.40. The largest absolute Gasteiger partial charge is 0.451 e. The number of H-pyrrole nitrogens is 1. The quantitative estimate of drug-likeness (QED) is 0.691. The zero-order valence-corrected chi connectivity index (χ0v) is 14.6. The van der Waals surface area contributed by atoms with Gasteiger partial charge in [0.25, 0.3) is 5.91 Å². The van der Waals surface area contributed by atoms with E-state index in [1.54, 1.807) is 6.07 Å². The Kier molecular flexibility index (Phi) is 5.12. The number of anilines is 1. The first-order valence-corrected chi connectivity index (χ1v) is 8.18. The van der Waals surface area contributed by atoms with Gasteiger partial charge in [-0.1, -0.05) is 42.5 Å². The van der Waals surface area contributed by atoms with Gasteiger partial charge in [-0.05, 0) is 37.1 Å². The molecule has 0 unspecified atom stereocenters. The summed E-state index contributed by atoms with van der Waals surface area (Å²) in [4.78, 5) is 24.1. The maximum Gasteiger partial charge on any atom is 0.356 e. The first-order chi connectivity index (χ1) is 12.5. The number of benzene rings is 2. The van der Waals surface area contributed by atoms with Gasteiger partial charge in [0.15, 0.2) is 6.61 Å². The average molecular weight is 349 g/mol. The molecule has 0 bridgehead atoms. The number of hydrogen-bond acceptors (Lipinski definition) is 4. The van der Waals surface area contributed by atoms with Gasteiger partial charge in [-0.15, -0.1) is 0 Å². The second-order valence-corrected chi connectivity index (χ2v) is 5.98. The second kappa shape index (κ2) is 7.65. The van der Waals surface area contributed by atoms with Crippen LogP contribution in [0.1, 0.15) is 21.6 Å². The Balaban J connectivity index is 1.58. The summed E-state index contributed by atoms with van der Waals surface area (Å²) in [6.07, 6.45) is 0. The van der Waals surface area contributed by atoms with Crippen LogP contribution in [0.15, 0.2) is 54.6 Å². The number of hydrogen-bond donors (Lipinski definition) is 2. The van der Waals surface area contributed by atoms with Crippen LogP contribution in [-0.4, -0.2) is 28.7 Å². The lowest BCUT2D eigenvalue weighted by Crippen LogP contribution is -2.21. The number of amides is 1. The summed E-state index contributed by atoms with van der Waals surface area (Å²) in [6, 6.07) is 16.8. The van der Waals surface area contributed by atoms with E-state index in [0.717, 1.165) is 16.7 Å². The summed E-state index contributed by atoms with van der Waals surface area (Å²) in [7, 11) is 0. The van der Waals surface area contributed by atoms with Gasteiger partial charge in [-0.2, -0.15) is 5.10 Å². The molecule has 0 radical (unpaired) electrons. The molecule has 0 fully saturated rings. The molecule has 0 aliphatic heterocycles. The third-order valence-electron chi connectivity index (χ3n) is 3.87. The van der Waals surface area contributed by atoms with Crippen molar-refractivity contribution in [1.82, 2.24) is 10.2 Å². The highest BCUT2D eigenvalue weighted by atomic mass is 16.5. The van der Waals surface area contributed by atoms with E-state index in [0.29, 0.717) is 11.4 Å². The molecule has 26 heavy (non-hydrogen) atoms. The predicted octanol–water partition coefficient (Wildman–Crippen LogP) is 3.49. The molecule has 0 aliphatic carbocycles. The van der Waals surface area contributed by atoms with E-state index in [9.17, 15) is 9.59 Å². The summed E-state index contributed by atoms with van der Waals surface area (Å²) < 4.78 is 5.06. The molecule has 3 aromatic rings. The Morgan fingerprint density at radius 2 is 1.85 bits per heavy atom. The highest BCUT2D eigenvalue weighted by molar-refractivity contribution is 5.95. The van der Waals surface area contributed by atoms with Crippen LogP contribution in [0.5, 0.6) is 0 Å². The zero-order chi connectivity index (χ0) is 18.5. The lowest BCUT2D eigenvalue weighted by Gasteiger charge is -2.09. The SMILES string of the molecule is Cc1ccc(C)c(NC(=O)COC(=O)c2cc(-c3ccccc3)n[nH]2)c1. The molecule has 3 rings (SSSR count). The van der Waals surface area contributed by atoms with Crippen molar-refractivity contribution in [2.75, 3.05) is 11.9 Å². The Morgan fingerprint density at radius 1 is 1.08 bits per heavy atom. The Bertz CT molecular complexity index is 932. The van der Waals surface area contributed by atoms with E-state index in [1.165, 1.54) is 0 Å². The molecule has 6 heteroatoms. The van der Waals surface area contributed by atoms with Crippen LogP contribution >= 0.6 is 0 Å². The van der Waals surface area contributed by atoms with E-state index < -0.39 is 11.9 Å². The number of esters is 1. The molecule has 1 aromatic heterocycles. The summed E-state index contributed by atoms with van der Waals surface area (Å²) in [6.45, 7) is 3.47. The fourth-order valence-corrected chi connectivity index (χ4v) is 2.45. The topological polar surface area (TPSA) is 84.1 Å². The number of nitrogens with zero attached hydrogens (tertiary/aromatic N) is 1. The van der Waals surface area contributed by atoms with Gasteiger partial charge >= 0.3 is 5.97 Å². The van der Waals surface area contributed by atoms with Crippen LogP contribution in [0.3, 0.4) is 0 Å². The summed E-state index contributed by atoms with van der Waals surface area (Å²) in [5.74, 6) is -1.02. The number of aromatic nitrogens is 2. The highest BCUT2D eigenvalue weighted by Crippen LogP contribution is 2.18. The monoisotopic (exact) mass is 349 g/mol. The van der Waals surface area contributed by atoms with Crippen molar-refractivity contribution in [3.8, 4) is 11.3 Å². The normalized spacial score (nSPS) is 10.4. The van der Waals surface area contributed by atoms with Crippen molar-refractivity contribution in [3.63, 3.8) is 0 Å². The van der Waals surface area contributed by atoms with E-state index in [-0.39, 0.29) is 12.3 Å². The van der Waals surface area contributed by atoms with E-state index in [2.05, 4.69) is 15.5 Å². The van der Waals surface area contributed by atoms with Gasteiger partial charge in [0.1, 0.15) is 5.69 Å². The third-order valence-corrected chi connectivity index (χ3v) is 3.87. The van der Waals surface area contributed by atoms with Crippen LogP contribution in [0, 0.1) is 13.8 Å². The number of aryl methyl sites for hydroxylation is 2. The molecule has 6 nitrogen and oxygen atoms in total. The fraction of sp³-hybridized carbons (Fsp3) is 0.150. The minimum absolute atomic E-state index is 0.198. The van der Waals surface area contributed by atoms with E-state index in [4.69, 9.17) is 4.74 Å². The molecular formula is C20H19N3O3. The van der Waals surface area contributed by atoms with Crippen molar-refractivity contribution < 1.29 is 14.3 Å². The van der Waals surface area contributed by atoms with Gasteiger partial charge < -0.3 is 10.1 Å².